The van der Waals surface area contributed by atoms with E-state index < -0.39 is 0 Å². The Morgan fingerprint density at radius 3 is 2.80 bits per heavy atom. The van der Waals surface area contributed by atoms with Crippen LogP contribution in [0.25, 0.3) is 10.9 Å². The van der Waals surface area contributed by atoms with Crippen LogP contribution >= 0.6 is 15.9 Å². The lowest BCUT2D eigenvalue weighted by atomic mass is 10.2. The molecule has 0 radical (unpaired) electrons. The first-order valence-electron chi connectivity index (χ1n) is 6.07. The van der Waals surface area contributed by atoms with Crippen LogP contribution in [0.3, 0.4) is 0 Å². The van der Waals surface area contributed by atoms with Crippen molar-refractivity contribution in [2.45, 2.75) is 0 Å². The van der Waals surface area contributed by atoms with Crippen LogP contribution in [0.2, 0.25) is 0 Å². The molecule has 0 spiro atoms. The Balaban J connectivity index is 1.97. The van der Waals surface area contributed by atoms with Crippen molar-refractivity contribution in [2.75, 3.05) is 5.32 Å². The van der Waals surface area contributed by atoms with E-state index in [2.05, 4.69) is 32.3 Å². The smallest absolute Gasteiger partial charge is 0.0992 e. The van der Waals surface area contributed by atoms with Gasteiger partial charge in [-0.05, 0) is 42.5 Å². The summed E-state index contributed by atoms with van der Waals surface area (Å²) in [6.45, 7) is 0. The maximum Gasteiger partial charge on any atom is 0.0992 e. The maximum absolute atomic E-state index is 8.99. The third kappa shape index (κ3) is 2.63. The van der Waals surface area contributed by atoms with Gasteiger partial charge in [0.25, 0.3) is 0 Å². The van der Waals surface area contributed by atoms with Gasteiger partial charge in [-0.3, -0.25) is 4.98 Å². The molecule has 0 aliphatic rings. The lowest BCUT2D eigenvalue weighted by Crippen LogP contribution is -1.91. The summed E-state index contributed by atoms with van der Waals surface area (Å²) in [5.41, 5.74) is 3.42. The Kier molecular flexibility index (Phi) is 3.36. The van der Waals surface area contributed by atoms with Gasteiger partial charge in [0.05, 0.1) is 17.1 Å². The SMILES string of the molecule is N#Cc1cc(Br)cc(Nc2ccc3ncccc3c2)c1. The molecule has 0 saturated heterocycles. The Morgan fingerprint density at radius 2 is 1.95 bits per heavy atom. The number of nitriles is 1. The highest BCUT2D eigenvalue weighted by molar-refractivity contribution is 9.10. The van der Waals surface area contributed by atoms with Gasteiger partial charge >= 0.3 is 0 Å². The van der Waals surface area contributed by atoms with Crippen molar-refractivity contribution in [2.24, 2.45) is 0 Å². The number of pyridine rings is 1. The molecule has 0 unspecified atom stereocenters. The van der Waals surface area contributed by atoms with E-state index in [1.165, 1.54) is 0 Å². The third-order valence-electron chi connectivity index (χ3n) is 2.92. The predicted octanol–water partition coefficient (Wildman–Crippen LogP) is 4.61. The Bertz CT molecular complexity index is 821. The van der Waals surface area contributed by atoms with E-state index in [4.69, 9.17) is 5.26 Å². The molecule has 4 heteroatoms. The summed E-state index contributed by atoms with van der Waals surface area (Å²) in [6.07, 6.45) is 1.78. The van der Waals surface area contributed by atoms with Crippen molar-refractivity contribution >= 4 is 38.2 Å². The van der Waals surface area contributed by atoms with Crippen LogP contribution in [0.4, 0.5) is 11.4 Å². The van der Waals surface area contributed by atoms with E-state index in [9.17, 15) is 0 Å². The van der Waals surface area contributed by atoms with Crippen LogP contribution in [0, 0.1) is 11.3 Å². The van der Waals surface area contributed by atoms with Crippen molar-refractivity contribution in [1.82, 2.24) is 4.98 Å². The van der Waals surface area contributed by atoms with Gasteiger partial charge in [-0.25, -0.2) is 0 Å². The normalized spacial score (nSPS) is 10.2. The highest BCUT2D eigenvalue weighted by Crippen LogP contribution is 2.24. The first-order valence-corrected chi connectivity index (χ1v) is 6.86. The number of hydrogen-bond donors (Lipinski definition) is 1. The van der Waals surface area contributed by atoms with Crippen LogP contribution in [0.5, 0.6) is 0 Å². The Labute approximate surface area is 125 Å². The summed E-state index contributed by atoms with van der Waals surface area (Å²) < 4.78 is 0.876. The molecular weight excluding hydrogens is 314 g/mol. The van der Waals surface area contributed by atoms with Crippen molar-refractivity contribution in [3.05, 3.63) is 64.8 Å². The second-order valence-electron chi connectivity index (χ2n) is 4.38. The second-order valence-corrected chi connectivity index (χ2v) is 5.29. The molecule has 2 aromatic carbocycles. The summed E-state index contributed by atoms with van der Waals surface area (Å²) in [5, 5.41) is 13.4. The number of nitrogens with one attached hydrogen (secondary N) is 1. The van der Waals surface area contributed by atoms with Crippen molar-refractivity contribution in [3.8, 4) is 6.07 Å². The summed E-state index contributed by atoms with van der Waals surface area (Å²) in [4.78, 5) is 4.29. The first-order chi connectivity index (χ1) is 9.74. The molecule has 3 aromatic rings. The Hall–Kier alpha value is -2.38. The standard InChI is InChI=1S/C16H10BrN3/c17-13-6-11(10-18)7-15(9-13)20-14-3-4-16-12(8-14)2-1-5-19-16/h1-9,20H. The van der Waals surface area contributed by atoms with Gasteiger partial charge in [-0.2, -0.15) is 5.26 Å². The van der Waals surface area contributed by atoms with Crippen molar-refractivity contribution in [3.63, 3.8) is 0 Å². The lowest BCUT2D eigenvalue weighted by molar-refractivity contribution is 1.41. The van der Waals surface area contributed by atoms with Crippen LogP contribution in [0.1, 0.15) is 5.56 Å². The zero-order valence-electron chi connectivity index (χ0n) is 10.5. The van der Waals surface area contributed by atoms with Gasteiger partial charge in [0, 0.05) is 27.4 Å². The third-order valence-corrected chi connectivity index (χ3v) is 3.38. The lowest BCUT2D eigenvalue weighted by Gasteiger charge is -2.08. The summed E-state index contributed by atoms with van der Waals surface area (Å²) in [5.74, 6) is 0. The molecule has 1 heterocycles. The number of anilines is 2. The van der Waals surface area contributed by atoms with Crippen LogP contribution < -0.4 is 5.32 Å². The second kappa shape index (κ2) is 5.32. The number of hydrogen-bond acceptors (Lipinski definition) is 3. The van der Waals surface area contributed by atoms with Crippen molar-refractivity contribution in [1.29, 1.82) is 5.26 Å². The molecule has 20 heavy (non-hydrogen) atoms. The zero-order chi connectivity index (χ0) is 13.9. The number of nitrogens with zero attached hydrogens (tertiary/aromatic N) is 2. The number of fused-ring (bicyclic) bond motifs is 1. The summed E-state index contributed by atoms with van der Waals surface area (Å²) in [7, 11) is 0. The molecule has 0 aliphatic heterocycles. The number of rotatable bonds is 2. The summed E-state index contributed by atoms with van der Waals surface area (Å²) >= 11 is 3.41. The van der Waals surface area contributed by atoms with E-state index in [0.29, 0.717) is 5.56 Å². The van der Waals surface area contributed by atoms with E-state index in [1.54, 1.807) is 12.3 Å². The molecule has 0 fully saturated rings. The van der Waals surface area contributed by atoms with Gasteiger partial charge in [-0.15, -0.1) is 0 Å². The molecule has 1 N–H and O–H groups in total. The molecule has 0 saturated carbocycles. The molecule has 3 nitrogen and oxygen atoms in total. The van der Waals surface area contributed by atoms with Crippen LogP contribution in [-0.2, 0) is 0 Å². The fourth-order valence-electron chi connectivity index (χ4n) is 2.05. The fraction of sp³-hybridized carbons (Fsp3) is 0. The minimum absolute atomic E-state index is 0.615. The minimum Gasteiger partial charge on any atom is -0.355 e. The van der Waals surface area contributed by atoms with Crippen LogP contribution in [-0.4, -0.2) is 4.98 Å². The fourth-order valence-corrected chi connectivity index (χ4v) is 2.54. The molecule has 0 amide bonds. The number of benzene rings is 2. The van der Waals surface area contributed by atoms with E-state index >= 15 is 0 Å². The van der Waals surface area contributed by atoms with Gasteiger partial charge in [0.1, 0.15) is 0 Å². The molecule has 3 rings (SSSR count). The monoisotopic (exact) mass is 323 g/mol. The highest BCUT2D eigenvalue weighted by atomic mass is 79.9. The minimum atomic E-state index is 0.615. The topological polar surface area (TPSA) is 48.7 Å². The highest BCUT2D eigenvalue weighted by Gasteiger charge is 2.01. The maximum atomic E-state index is 8.99. The largest absolute Gasteiger partial charge is 0.355 e. The molecule has 1 aromatic heterocycles. The van der Waals surface area contributed by atoms with Crippen molar-refractivity contribution < 1.29 is 0 Å². The molecule has 0 atom stereocenters. The quantitative estimate of drug-likeness (QED) is 0.749. The van der Waals surface area contributed by atoms with Gasteiger partial charge in [0.15, 0.2) is 0 Å². The number of aromatic nitrogens is 1. The van der Waals surface area contributed by atoms with Gasteiger partial charge in [-0.1, -0.05) is 22.0 Å². The van der Waals surface area contributed by atoms with Gasteiger partial charge < -0.3 is 5.32 Å². The Morgan fingerprint density at radius 1 is 1.05 bits per heavy atom. The van der Waals surface area contributed by atoms with E-state index in [-0.39, 0.29) is 0 Å². The van der Waals surface area contributed by atoms with E-state index in [0.717, 1.165) is 26.8 Å². The van der Waals surface area contributed by atoms with Gasteiger partial charge in [0.2, 0.25) is 0 Å². The first kappa shape index (κ1) is 12.6. The number of halogens is 1. The average molecular weight is 324 g/mol. The molecule has 0 bridgehead atoms. The molecule has 96 valence electrons. The zero-order valence-corrected chi connectivity index (χ0v) is 12.1. The van der Waals surface area contributed by atoms with Crippen LogP contribution in [0.15, 0.2) is 59.2 Å². The average Bonchev–Trinajstić information content (AvgIpc) is 2.46. The molecular formula is C16H10BrN3. The molecule has 0 aliphatic carbocycles. The van der Waals surface area contributed by atoms with E-state index in [1.807, 2.05) is 42.5 Å². The summed E-state index contributed by atoms with van der Waals surface area (Å²) in [6, 6.07) is 17.6. The predicted molar refractivity (Wildman–Crippen MR) is 83.9 cm³/mol.